The van der Waals surface area contributed by atoms with Gasteiger partial charge in [0, 0.05) is 37.2 Å². The molecule has 6 nitrogen and oxygen atoms in total. The van der Waals surface area contributed by atoms with Gasteiger partial charge in [0.25, 0.3) is 0 Å². The third-order valence-corrected chi connectivity index (χ3v) is 7.02. The van der Waals surface area contributed by atoms with E-state index in [0.29, 0.717) is 5.69 Å². The first kappa shape index (κ1) is 23.0. The Morgan fingerprint density at radius 1 is 1.03 bits per heavy atom. The summed E-state index contributed by atoms with van der Waals surface area (Å²) in [6.07, 6.45) is -4.10. The Labute approximate surface area is 178 Å². The highest BCUT2D eigenvalue weighted by atomic mass is 32.2. The van der Waals surface area contributed by atoms with Gasteiger partial charge in [0.2, 0.25) is 15.9 Å². The maximum absolute atomic E-state index is 12.9. The number of ketones is 1. The number of carbonyl (C=O) groups excluding carboxylic acids is 2. The smallest absolute Gasteiger partial charge is 0.326 e. The zero-order chi connectivity index (χ0) is 22.8. The Hall–Kier alpha value is -2.72. The lowest BCUT2D eigenvalue weighted by atomic mass is 9.89. The molecule has 1 fully saturated rings. The molecule has 1 aliphatic heterocycles. The molecule has 10 heteroatoms. The summed E-state index contributed by atoms with van der Waals surface area (Å²) in [6.45, 7) is 1.52. The van der Waals surface area contributed by atoms with Crippen LogP contribution in [0, 0.1) is 5.92 Å². The van der Waals surface area contributed by atoms with Crippen molar-refractivity contribution in [2.45, 2.75) is 30.8 Å². The van der Waals surface area contributed by atoms with Crippen molar-refractivity contribution in [3.63, 3.8) is 0 Å². The molecule has 0 spiro atoms. The molecule has 1 aliphatic rings. The molecule has 1 N–H and O–H groups in total. The van der Waals surface area contributed by atoms with E-state index in [4.69, 9.17) is 0 Å². The number of sulfonamides is 1. The van der Waals surface area contributed by atoms with Crippen molar-refractivity contribution in [3.05, 3.63) is 59.7 Å². The van der Waals surface area contributed by atoms with Gasteiger partial charge in [-0.3, -0.25) is 9.59 Å². The van der Waals surface area contributed by atoms with Gasteiger partial charge in [0.15, 0.2) is 5.78 Å². The standard InChI is InChI=1S/C21H21F3N2O4S/c1-14(27)25-18-5-7-19(8-6-18)31(29,30)26-11-9-15(10-12-26)20(28)16-3-2-4-17(13-16)21(22,23)24/h2-8,13,15H,9-12H2,1H3,(H,25,27). The van der Waals surface area contributed by atoms with E-state index in [1.807, 2.05) is 0 Å². The van der Waals surface area contributed by atoms with Gasteiger partial charge in [-0.15, -0.1) is 0 Å². The summed E-state index contributed by atoms with van der Waals surface area (Å²) in [5.41, 5.74) is -0.442. The van der Waals surface area contributed by atoms with Crippen LogP contribution in [-0.2, 0) is 21.0 Å². The second-order valence-electron chi connectivity index (χ2n) is 7.33. The maximum atomic E-state index is 12.9. The molecule has 3 rings (SSSR count). The molecule has 0 aliphatic carbocycles. The van der Waals surface area contributed by atoms with Crippen molar-refractivity contribution in [1.29, 1.82) is 0 Å². The molecule has 166 valence electrons. The van der Waals surface area contributed by atoms with Crippen LogP contribution in [-0.4, -0.2) is 37.5 Å². The van der Waals surface area contributed by atoms with Gasteiger partial charge in [0.1, 0.15) is 0 Å². The number of alkyl halides is 3. The van der Waals surface area contributed by atoms with E-state index in [1.54, 1.807) is 0 Å². The van der Waals surface area contributed by atoms with E-state index in [2.05, 4.69) is 5.32 Å². The molecular formula is C21H21F3N2O4S. The monoisotopic (exact) mass is 454 g/mol. The number of nitrogens with one attached hydrogen (secondary N) is 1. The number of benzene rings is 2. The lowest BCUT2D eigenvalue weighted by Crippen LogP contribution is -2.40. The number of piperidine rings is 1. The Balaban J connectivity index is 1.67. The average molecular weight is 454 g/mol. The van der Waals surface area contributed by atoms with E-state index in [0.717, 1.165) is 12.1 Å². The lowest BCUT2D eigenvalue weighted by molar-refractivity contribution is -0.137. The largest absolute Gasteiger partial charge is 0.416 e. The number of anilines is 1. The Bertz CT molecular complexity index is 1070. The fraction of sp³-hybridized carbons (Fsp3) is 0.333. The van der Waals surface area contributed by atoms with Crippen LogP contribution >= 0.6 is 0 Å². The SMILES string of the molecule is CC(=O)Nc1ccc(S(=O)(=O)N2CCC(C(=O)c3cccc(C(F)(F)F)c3)CC2)cc1. The number of nitrogens with zero attached hydrogens (tertiary/aromatic N) is 1. The van der Waals surface area contributed by atoms with Crippen LogP contribution in [0.4, 0.5) is 18.9 Å². The Morgan fingerprint density at radius 2 is 1.65 bits per heavy atom. The first-order valence-corrected chi connectivity index (χ1v) is 11.0. The minimum Gasteiger partial charge on any atom is -0.326 e. The highest BCUT2D eigenvalue weighted by molar-refractivity contribution is 7.89. The average Bonchev–Trinajstić information content (AvgIpc) is 2.73. The second kappa shape index (κ2) is 8.80. The van der Waals surface area contributed by atoms with Crippen LogP contribution in [0.15, 0.2) is 53.4 Å². The fourth-order valence-electron chi connectivity index (χ4n) is 3.51. The molecule has 1 saturated heterocycles. The van der Waals surface area contributed by atoms with Gasteiger partial charge in [0.05, 0.1) is 10.5 Å². The summed E-state index contributed by atoms with van der Waals surface area (Å²) in [7, 11) is -3.79. The molecule has 0 saturated carbocycles. The van der Waals surface area contributed by atoms with Gasteiger partial charge in [-0.2, -0.15) is 17.5 Å². The van der Waals surface area contributed by atoms with Crippen LogP contribution in [0.3, 0.4) is 0 Å². The van der Waals surface area contributed by atoms with Gasteiger partial charge >= 0.3 is 6.18 Å². The number of hydrogen-bond acceptors (Lipinski definition) is 4. The van der Waals surface area contributed by atoms with Crippen molar-refractivity contribution in [2.75, 3.05) is 18.4 Å². The van der Waals surface area contributed by atoms with E-state index in [-0.39, 0.29) is 42.3 Å². The predicted octanol–water partition coefficient (Wildman–Crippen LogP) is 3.95. The molecule has 0 aromatic heterocycles. The molecule has 2 aromatic rings. The van der Waals surface area contributed by atoms with Gasteiger partial charge in [-0.1, -0.05) is 12.1 Å². The molecule has 0 bridgehead atoms. The van der Waals surface area contributed by atoms with Crippen molar-refractivity contribution >= 4 is 27.4 Å². The van der Waals surface area contributed by atoms with Crippen molar-refractivity contribution in [3.8, 4) is 0 Å². The third-order valence-electron chi connectivity index (χ3n) is 5.11. The summed E-state index contributed by atoms with van der Waals surface area (Å²) in [4.78, 5) is 23.8. The molecule has 0 atom stereocenters. The quantitative estimate of drug-likeness (QED) is 0.694. The summed E-state index contributed by atoms with van der Waals surface area (Å²) < 4.78 is 65.7. The molecule has 1 heterocycles. The first-order chi connectivity index (χ1) is 14.5. The summed E-state index contributed by atoms with van der Waals surface area (Å²) >= 11 is 0. The number of halogens is 3. The predicted molar refractivity (Wildman–Crippen MR) is 108 cm³/mol. The zero-order valence-electron chi connectivity index (χ0n) is 16.6. The number of amides is 1. The molecule has 0 unspecified atom stereocenters. The Kier molecular flexibility index (Phi) is 6.51. The second-order valence-corrected chi connectivity index (χ2v) is 9.26. The highest BCUT2D eigenvalue weighted by Gasteiger charge is 2.34. The minimum atomic E-state index is -4.54. The normalized spacial score (nSPS) is 16.1. The van der Waals surface area contributed by atoms with Crippen molar-refractivity contribution in [2.24, 2.45) is 5.92 Å². The highest BCUT2D eigenvalue weighted by Crippen LogP contribution is 2.31. The van der Waals surface area contributed by atoms with E-state index in [1.165, 1.54) is 47.6 Å². The first-order valence-electron chi connectivity index (χ1n) is 9.58. The summed E-state index contributed by atoms with van der Waals surface area (Å²) in [5.74, 6) is -1.23. The maximum Gasteiger partial charge on any atom is 0.416 e. The number of Topliss-reactive ketones (excluding diaryl/α,β-unsaturated/α-hetero) is 1. The topological polar surface area (TPSA) is 83.6 Å². The molecule has 0 radical (unpaired) electrons. The van der Waals surface area contributed by atoms with Crippen LogP contribution in [0.25, 0.3) is 0 Å². The Morgan fingerprint density at radius 3 is 2.19 bits per heavy atom. The fourth-order valence-corrected chi connectivity index (χ4v) is 4.98. The third kappa shape index (κ3) is 5.31. The van der Waals surface area contributed by atoms with Crippen molar-refractivity contribution in [1.82, 2.24) is 4.31 Å². The van der Waals surface area contributed by atoms with E-state index < -0.39 is 33.5 Å². The van der Waals surface area contributed by atoms with E-state index in [9.17, 15) is 31.2 Å². The minimum absolute atomic E-state index is 0.0234. The molecule has 31 heavy (non-hydrogen) atoms. The van der Waals surface area contributed by atoms with Gasteiger partial charge in [-0.25, -0.2) is 8.42 Å². The number of rotatable bonds is 5. The molecule has 1 amide bonds. The number of hydrogen-bond donors (Lipinski definition) is 1. The zero-order valence-corrected chi connectivity index (χ0v) is 17.5. The van der Waals surface area contributed by atoms with E-state index >= 15 is 0 Å². The summed E-state index contributed by atoms with van der Waals surface area (Å²) in [6, 6.07) is 10.0. The molecule has 2 aromatic carbocycles. The van der Waals surface area contributed by atoms with Crippen LogP contribution < -0.4 is 5.32 Å². The van der Waals surface area contributed by atoms with Gasteiger partial charge in [-0.05, 0) is 49.2 Å². The molecular weight excluding hydrogens is 433 g/mol. The number of carbonyl (C=O) groups is 2. The van der Waals surface area contributed by atoms with Crippen LogP contribution in [0.1, 0.15) is 35.7 Å². The lowest BCUT2D eigenvalue weighted by Gasteiger charge is -2.30. The summed E-state index contributed by atoms with van der Waals surface area (Å²) in [5, 5.41) is 2.55. The van der Waals surface area contributed by atoms with Crippen molar-refractivity contribution < 1.29 is 31.2 Å². The van der Waals surface area contributed by atoms with Gasteiger partial charge < -0.3 is 5.32 Å². The van der Waals surface area contributed by atoms with Crippen LogP contribution in [0.5, 0.6) is 0 Å². The van der Waals surface area contributed by atoms with Crippen LogP contribution in [0.2, 0.25) is 0 Å².